The topological polar surface area (TPSA) is 78.7 Å². The van der Waals surface area contributed by atoms with Crippen molar-refractivity contribution in [2.45, 2.75) is 0 Å². The summed E-state index contributed by atoms with van der Waals surface area (Å²) in [5.74, 6) is -0.401. The Labute approximate surface area is 112 Å². The minimum Gasteiger partial charge on any atom is -0.319 e. The fourth-order valence-electron chi connectivity index (χ4n) is 1.32. The lowest BCUT2D eigenvalue weighted by atomic mass is 10.2. The summed E-state index contributed by atoms with van der Waals surface area (Å²) in [6, 6.07) is 7.04. The maximum atomic E-state index is 11.8. The molecule has 0 saturated carbocycles. The first kappa shape index (κ1) is 12.2. The summed E-state index contributed by atoms with van der Waals surface area (Å²) >= 11 is 3.26. The van der Waals surface area contributed by atoms with Gasteiger partial charge in [0.15, 0.2) is 0 Å². The number of amides is 1. The van der Waals surface area contributed by atoms with E-state index < -0.39 is 5.91 Å². The van der Waals surface area contributed by atoms with E-state index in [4.69, 9.17) is 5.26 Å². The molecule has 0 spiro atoms. The summed E-state index contributed by atoms with van der Waals surface area (Å²) in [5.41, 5.74) is 1.02. The van der Waals surface area contributed by atoms with Crippen molar-refractivity contribution in [1.29, 1.82) is 5.26 Å². The number of rotatable bonds is 2. The highest BCUT2D eigenvalue weighted by Crippen LogP contribution is 2.20. The van der Waals surface area contributed by atoms with Crippen LogP contribution in [-0.4, -0.2) is 15.9 Å². The summed E-state index contributed by atoms with van der Waals surface area (Å²) in [6.45, 7) is 0. The first-order valence-corrected chi connectivity index (χ1v) is 5.77. The SMILES string of the molecule is N#Cc1cc(Br)ccc1NC(=O)c1cnccn1. The van der Waals surface area contributed by atoms with Crippen LogP contribution in [-0.2, 0) is 0 Å². The van der Waals surface area contributed by atoms with Crippen LogP contribution in [0, 0.1) is 11.3 Å². The molecule has 1 N–H and O–H groups in total. The predicted octanol–water partition coefficient (Wildman–Crippen LogP) is 2.36. The van der Waals surface area contributed by atoms with Crippen LogP contribution >= 0.6 is 15.9 Å². The van der Waals surface area contributed by atoms with E-state index in [1.165, 1.54) is 18.6 Å². The van der Waals surface area contributed by atoms with Crippen LogP contribution in [0.2, 0.25) is 0 Å². The lowest BCUT2D eigenvalue weighted by molar-refractivity contribution is 0.102. The van der Waals surface area contributed by atoms with E-state index in [1.54, 1.807) is 18.2 Å². The fourth-order valence-corrected chi connectivity index (χ4v) is 1.68. The molecule has 88 valence electrons. The van der Waals surface area contributed by atoms with Gasteiger partial charge >= 0.3 is 0 Å². The molecule has 2 rings (SSSR count). The number of nitriles is 1. The number of aromatic nitrogens is 2. The number of hydrogen-bond donors (Lipinski definition) is 1. The lowest BCUT2D eigenvalue weighted by Gasteiger charge is -2.06. The van der Waals surface area contributed by atoms with E-state index >= 15 is 0 Å². The van der Waals surface area contributed by atoms with Gasteiger partial charge in [0, 0.05) is 16.9 Å². The molecular formula is C12H7BrN4O. The highest BCUT2D eigenvalue weighted by molar-refractivity contribution is 9.10. The molecule has 0 bridgehead atoms. The normalized spacial score (nSPS) is 9.56. The van der Waals surface area contributed by atoms with Crippen molar-refractivity contribution in [1.82, 2.24) is 9.97 Å². The summed E-state index contributed by atoms with van der Waals surface area (Å²) < 4.78 is 0.775. The molecule has 1 amide bonds. The molecule has 0 saturated heterocycles. The maximum absolute atomic E-state index is 11.8. The van der Waals surface area contributed by atoms with Gasteiger partial charge in [-0.15, -0.1) is 0 Å². The highest BCUT2D eigenvalue weighted by atomic mass is 79.9. The second-order valence-electron chi connectivity index (χ2n) is 3.35. The van der Waals surface area contributed by atoms with Crippen molar-refractivity contribution in [3.63, 3.8) is 0 Å². The van der Waals surface area contributed by atoms with Crippen LogP contribution in [0.5, 0.6) is 0 Å². The molecule has 2 aromatic rings. The maximum Gasteiger partial charge on any atom is 0.275 e. The van der Waals surface area contributed by atoms with E-state index in [0.717, 1.165) is 4.47 Å². The second-order valence-corrected chi connectivity index (χ2v) is 4.26. The Morgan fingerprint density at radius 1 is 1.39 bits per heavy atom. The molecule has 0 aliphatic rings. The first-order chi connectivity index (χ1) is 8.70. The number of halogens is 1. The Balaban J connectivity index is 2.25. The minimum atomic E-state index is -0.401. The van der Waals surface area contributed by atoms with Crippen LogP contribution < -0.4 is 5.32 Å². The Kier molecular flexibility index (Phi) is 3.65. The van der Waals surface area contributed by atoms with Crippen molar-refractivity contribution in [3.8, 4) is 6.07 Å². The Morgan fingerprint density at radius 2 is 2.22 bits per heavy atom. The fraction of sp³-hybridized carbons (Fsp3) is 0. The molecule has 0 atom stereocenters. The minimum absolute atomic E-state index is 0.198. The van der Waals surface area contributed by atoms with Crippen molar-refractivity contribution < 1.29 is 4.79 Å². The molecule has 1 aromatic carbocycles. The number of anilines is 1. The van der Waals surface area contributed by atoms with Gasteiger partial charge in [-0.25, -0.2) is 4.98 Å². The zero-order valence-corrected chi connectivity index (χ0v) is 10.7. The van der Waals surface area contributed by atoms with Gasteiger partial charge in [0.2, 0.25) is 0 Å². The lowest BCUT2D eigenvalue weighted by Crippen LogP contribution is -2.14. The van der Waals surface area contributed by atoms with E-state index in [0.29, 0.717) is 11.3 Å². The quantitative estimate of drug-likeness (QED) is 0.923. The van der Waals surface area contributed by atoms with Gasteiger partial charge < -0.3 is 5.32 Å². The number of hydrogen-bond acceptors (Lipinski definition) is 4. The van der Waals surface area contributed by atoms with Crippen LogP contribution in [0.25, 0.3) is 0 Å². The van der Waals surface area contributed by atoms with E-state index in [9.17, 15) is 4.79 Å². The summed E-state index contributed by atoms with van der Waals surface area (Å²) in [4.78, 5) is 19.5. The average Bonchev–Trinajstić information content (AvgIpc) is 2.41. The van der Waals surface area contributed by atoms with Gasteiger partial charge in [0.25, 0.3) is 5.91 Å². The van der Waals surface area contributed by atoms with Gasteiger partial charge in [-0.2, -0.15) is 5.26 Å². The number of benzene rings is 1. The molecule has 1 heterocycles. The molecule has 0 radical (unpaired) electrons. The van der Waals surface area contributed by atoms with Crippen LogP contribution in [0.3, 0.4) is 0 Å². The molecular weight excluding hydrogens is 296 g/mol. The van der Waals surface area contributed by atoms with Crippen molar-refractivity contribution in [2.75, 3.05) is 5.32 Å². The molecule has 5 nitrogen and oxygen atoms in total. The molecule has 0 fully saturated rings. The van der Waals surface area contributed by atoms with Crippen molar-refractivity contribution in [3.05, 3.63) is 52.5 Å². The average molecular weight is 303 g/mol. The number of carbonyl (C=O) groups excluding carboxylic acids is 1. The van der Waals surface area contributed by atoms with Crippen molar-refractivity contribution >= 4 is 27.5 Å². The molecule has 0 aliphatic heterocycles. The first-order valence-electron chi connectivity index (χ1n) is 4.97. The number of nitrogens with zero attached hydrogens (tertiary/aromatic N) is 3. The van der Waals surface area contributed by atoms with E-state index in [2.05, 4.69) is 31.2 Å². The zero-order chi connectivity index (χ0) is 13.0. The third kappa shape index (κ3) is 2.70. The smallest absolute Gasteiger partial charge is 0.275 e. The van der Waals surface area contributed by atoms with Gasteiger partial charge in [0.05, 0.1) is 17.4 Å². The summed E-state index contributed by atoms with van der Waals surface area (Å²) in [5, 5.41) is 11.6. The van der Waals surface area contributed by atoms with Crippen LogP contribution in [0.4, 0.5) is 5.69 Å². The monoisotopic (exact) mass is 302 g/mol. The number of nitrogens with one attached hydrogen (secondary N) is 1. The van der Waals surface area contributed by atoms with E-state index in [-0.39, 0.29) is 5.69 Å². The summed E-state index contributed by atoms with van der Waals surface area (Å²) in [7, 11) is 0. The largest absolute Gasteiger partial charge is 0.319 e. The highest BCUT2D eigenvalue weighted by Gasteiger charge is 2.10. The van der Waals surface area contributed by atoms with Gasteiger partial charge in [0.1, 0.15) is 11.8 Å². The third-order valence-electron chi connectivity index (χ3n) is 2.15. The molecule has 6 heteroatoms. The number of carbonyl (C=O) groups is 1. The van der Waals surface area contributed by atoms with Crippen LogP contribution in [0.1, 0.15) is 16.1 Å². The summed E-state index contributed by atoms with van der Waals surface area (Å²) in [6.07, 6.45) is 4.28. The standard InChI is InChI=1S/C12H7BrN4O/c13-9-1-2-10(8(5-9)6-14)17-12(18)11-7-15-3-4-16-11/h1-5,7H,(H,17,18). The zero-order valence-electron chi connectivity index (χ0n) is 9.09. The molecule has 18 heavy (non-hydrogen) atoms. The predicted molar refractivity (Wildman–Crippen MR) is 68.8 cm³/mol. The Bertz CT molecular complexity index is 622. The van der Waals surface area contributed by atoms with E-state index in [1.807, 2.05) is 6.07 Å². The molecule has 1 aromatic heterocycles. The molecule has 0 unspecified atom stereocenters. The van der Waals surface area contributed by atoms with Gasteiger partial charge in [-0.1, -0.05) is 15.9 Å². The van der Waals surface area contributed by atoms with Gasteiger partial charge in [-0.05, 0) is 18.2 Å². The Morgan fingerprint density at radius 3 is 2.89 bits per heavy atom. The van der Waals surface area contributed by atoms with Crippen molar-refractivity contribution in [2.24, 2.45) is 0 Å². The van der Waals surface area contributed by atoms with Crippen LogP contribution in [0.15, 0.2) is 41.3 Å². The van der Waals surface area contributed by atoms with Gasteiger partial charge in [-0.3, -0.25) is 9.78 Å². The molecule has 0 aliphatic carbocycles. The Hall–Kier alpha value is -2.26. The second kappa shape index (κ2) is 5.38. The third-order valence-corrected chi connectivity index (χ3v) is 2.64.